The van der Waals surface area contributed by atoms with Gasteiger partial charge in [-0.2, -0.15) is 32.9 Å². The summed E-state index contributed by atoms with van der Waals surface area (Å²) in [5.74, 6) is -1.83. The van der Waals surface area contributed by atoms with Crippen molar-refractivity contribution < 1.29 is 27.5 Å². The van der Waals surface area contributed by atoms with E-state index in [0.29, 0.717) is 27.7 Å². The number of carboxylic acid groups (broad SMARTS) is 1. The van der Waals surface area contributed by atoms with Gasteiger partial charge in [-0.25, -0.2) is 9.18 Å². The van der Waals surface area contributed by atoms with Crippen molar-refractivity contribution in [1.82, 2.24) is 19.7 Å². The van der Waals surface area contributed by atoms with Gasteiger partial charge in [-0.15, -0.1) is 0 Å². The lowest BCUT2D eigenvalue weighted by Crippen LogP contribution is -2.47. The molecule has 0 fully saturated rings. The molecule has 0 aliphatic carbocycles. The molecule has 0 bridgehead atoms. The molecule has 0 saturated heterocycles. The molecule has 2 aromatic carbocycles. The summed E-state index contributed by atoms with van der Waals surface area (Å²) in [5, 5.41) is 14.9. The highest BCUT2D eigenvalue weighted by atomic mass is 32.2. The lowest BCUT2D eigenvalue weighted by Gasteiger charge is -2.29. The van der Waals surface area contributed by atoms with E-state index >= 15 is 0 Å². The van der Waals surface area contributed by atoms with Crippen molar-refractivity contribution in [1.29, 1.82) is 0 Å². The molecule has 0 aliphatic rings. The van der Waals surface area contributed by atoms with Crippen LogP contribution in [0.4, 0.5) is 39.7 Å². The second-order valence-electron chi connectivity index (χ2n) is 7.28. The largest absolute Gasteiger partial charge is 0.465 e. The predicted octanol–water partition coefficient (Wildman–Crippen LogP) is 4.71. The first kappa shape index (κ1) is 24.1. The number of nitrogens with zero attached hydrogens (tertiary/aromatic N) is 5. The second-order valence-corrected chi connectivity index (χ2v) is 8.31. The van der Waals surface area contributed by atoms with Gasteiger partial charge in [0.2, 0.25) is 0 Å². The first-order chi connectivity index (χ1) is 16.5. The number of nitrogens with two attached hydrogens (primary N) is 2. The zero-order valence-corrected chi connectivity index (χ0v) is 18.7. The molecule has 4 rings (SSSR count). The van der Waals surface area contributed by atoms with Crippen molar-refractivity contribution in [3.05, 3.63) is 54.3 Å². The van der Waals surface area contributed by atoms with Crippen molar-refractivity contribution in [3.63, 3.8) is 0 Å². The molecule has 5 N–H and O–H groups in total. The molecule has 1 unspecified atom stereocenters. The topological polar surface area (TPSA) is 136 Å². The number of hydrogen-bond donors (Lipinski definition) is 3. The number of fused-ring (bicyclic) bond motifs is 1. The fourth-order valence-electron chi connectivity index (χ4n) is 3.32. The Labute approximate surface area is 199 Å². The molecule has 35 heavy (non-hydrogen) atoms. The molecular formula is C21H17F4N7O2S. The quantitative estimate of drug-likeness (QED) is 0.331. The number of halogens is 4. The summed E-state index contributed by atoms with van der Waals surface area (Å²) >= 11 is 1.05. The zero-order chi connectivity index (χ0) is 25.5. The van der Waals surface area contributed by atoms with Crippen molar-refractivity contribution in [2.45, 2.75) is 29.1 Å². The number of alkyl halides is 3. The molecule has 182 valence electrons. The summed E-state index contributed by atoms with van der Waals surface area (Å²) in [6.45, 7) is 0.647. The lowest BCUT2D eigenvalue weighted by atomic mass is 10.2. The van der Waals surface area contributed by atoms with Gasteiger partial charge >= 0.3 is 12.3 Å². The van der Waals surface area contributed by atoms with Crippen LogP contribution in [-0.2, 0) is 0 Å². The van der Waals surface area contributed by atoms with Crippen LogP contribution in [0.3, 0.4) is 0 Å². The maximum atomic E-state index is 14.2. The fraction of sp³-hybridized carbons (Fsp3) is 0.143. The molecule has 0 aliphatic heterocycles. The van der Waals surface area contributed by atoms with Crippen molar-refractivity contribution >= 4 is 46.1 Å². The number of carbonyl (C=O) groups is 1. The van der Waals surface area contributed by atoms with Gasteiger partial charge in [0.1, 0.15) is 22.6 Å². The van der Waals surface area contributed by atoms with E-state index in [-0.39, 0.29) is 10.8 Å². The highest BCUT2D eigenvalue weighted by Gasteiger charge is 2.44. The normalized spacial score (nSPS) is 12.6. The Morgan fingerprint density at radius 1 is 1.09 bits per heavy atom. The van der Waals surface area contributed by atoms with E-state index in [9.17, 15) is 27.5 Å². The number of hydrogen-bond acceptors (Lipinski definition) is 7. The van der Waals surface area contributed by atoms with Crippen LogP contribution in [0.25, 0.3) is 16.9 Å². The maximum absolute atomic E-state index is 14.2. The van der Waals surface area contributed by atoms with Crippen LogP contribution in [0.5, 0.6) is 0 Å². The number of rotatable bonds is 5. The second kappa shape index (κ2) is 8.94. The van der Waals surface area contributed by atoms with Gasteiger partial charge in [0.15, 0.2) is 11.6 Å². The minimum Gasteiger partial charge on any atom is -0.465 e. The smallest absolute Gasteiger partial charge is 0.412 e. The Morgan fingerprint density at radius 2 is 1.69 bits per heavy atom. The average molecular weight is 507 g/mol. The molecule has 1 amide bonds. The minimum atomic E-state index is -4.90. The Bertz CT molecular complexity index is 1400. The molecule has 0 spiro atoms. The third-order valence-electron chi connectivity index (χ3n) is 5.02. The van der Waals surface area contributed by atoms with Crippen LogP contribution in [0.2, 0.25) is 0 Å². The highest BCUT2D eigenvalue weighted by molar-refractivity contribution is 7.99. The molecule has 9 nitrogen and oxygen atoms in total. The Morgan fingerprint density at radius 3 is 2.29 bits per heavy atom. The van der Waals surface area contributed by atoms with E-state index in [4.69, 9.17) is 11.5 Å². The number of aromatic nitrogens is 4. The summed E-state index contributed by atoms with van der Waals surface area (Å²) in [5.41, 5.74) is 11.5. The number of amides is 1. The van der Waals surface area contributed by atoms with E-state index in [1.54, 1.807) is 42.5 Å². The predicted molar refractivity (Wildman–Crippen MR) is 122 cm³/mol. The summed E-state index contributed by atoms with van der Waals surface area (Å²) in [6, 6.07) is 10.5. The van der Waals surface area contributed by atoms with Crippen LogP contribution >= 0.6 is 11.8 Å². The van der Waals surface area contributed by atoms with Gasteiger partial charge in [0.25, 0.3) is 5.95 Å². The number of para-hydroxylation sites is 1. The minimum absolute atomic E-state index is 0.0326. The van der Waals surface area contributed by atoms with Crippen molar-refractivity contribution in [2.75, 3.05) is 16.4 Å². The van der Waals surface area contributed by atoms with Gasteiger partial charge < -0.3 is 16.6 Å². The fourth-order valence-corrected chi connectivity index (χ4v) is 4.24. The monoisotopic (exact) mass is 507 g/mol. The average Bonchev–Trinajstić information content (AvgIpc) is 3.15. The van der Waals surface area contributed by atoms with Crippen LogP contribution in [0.15, 0.2) is 58.5 Å². The van der Waals surface area contributed by atoms with Gasteiger partial charge in [-0.05, 0) is 25.1 Å². The van der Waals surface area contributed by atoms with Crippen LogP contribution < -0.4 is 16.4 Å². The van der Waals surface area contributed by atoms with Crippen LogP contribution in [-0.4, -0.2) is 43.2 Å². The van der Waals surface area contributed by atoms with Crippen molar-refractivity contribution in [3.8, 4) is 5.95 Å². The van der Waals surface area contributed by atoms with Gasteiger partial charge in [-0.3, -0.25) is 4.90 Å². The zero-order valence-electron chi connectivity index (χ0n) is 17.9. The molecule has 4 aromatic rings. The standard InChI is InChI=1S/C21H17F4N7O2S/c1-10(21(23,24)25)31(20(33)34)15-16(26)28-19(29-17(15)27)32-13-8-4-2-6-11(13)18(30-32)35-14-9-5-3-7-12(14)22/h2-10H,1H3,(H,33,34)(H4,26,27,28,29). The summed E-state index contributed by atoms with van der Waals surface area (Å²) in [7, 11) is 0. The van der Waals surface area contributed by atoms with Gasteiger partial charge in [-0.1, -0.05) is 42.1 Å². The van der Waals surface area contributed by atoms with Gasteiger partial charge in [0, 0.05) is 10.3 Å². The molecule has 0 radical (unpaired) electrons. The molecule has 14 heteroatoms. The van der Waals surface area contributed by atoms with E-state index in [2.05, 4.69) is 15.1 Å². The van der Waals surface area contributed by atoms with Gasteiger partial charge in [0.05, 0.1) is 5.52 Å². The van der Waals surface area contributed by atoms with E-state index in [1.807, 2.05) is 0 Å². The molecular weight excluding hydrogens is 490 g/mol. The number of nitrogen functional groups attached to an aromatic ring is 2. The third kappa shape index (κ3) is 4.51. The van der Waals surface area contributed by atoms with Crippen LogP contribution in [0, 0.1) is 5.82 Å². The summed E-state index contributed by atoms with van der Waals surface area (Å²) in [4.78, 5) is 19.9. The number of anilines is 3. The Balaban J connectivity index is 1.83. The molecule has 1 atom stereocenters. The first-order valence-electron chi connectivity index (χ1n) is 9.91. The third-order valence-corrected chi connectivity index (χ3v) is 6.07. The molecule has 2 aromatic heterocycles. The summed E-state index contributed by atoms with van der Waals surface area (Å²) in [6.07, 6.45) is -6.83. The Hall–Kier alpha value is -4.07. The molecule has 0 saturated carbocycles. The Kier molecular flexibility index (Phi) is 6.15. The SMILES string of the molecule is CC(N(C(=O)O)c1c(N)nc(-n2nc(Sc3ccccc3F)c3ccccc32)nc1N)C(F)(F)F. The first-order valence-corrected chi connectivity index (χ1v) is 10.7. The lowest BCUT2D eigenvalue weighted by molar-refractivity contribution is -0.143. The van der Waals surface area contributed by atoms with E-state index < -0.39 is 41.5 Å². The van der Waals surface area contributed by atoms with E-state index in [1.165, 1.54) is 10.7 Å². The highest BCUT2D eigenvalue weighted by Crippen LogP contribution is 2.37. The van der Waals surface area contributed by atoms with Crippen molar-refractivity contribution in [2.24, 2.45) is 0 Å². The summed E-state index contributed by atoms with van der Waals surface area (Å²) < 4.78 is 55.2. The maximum Gasteiger partial charge on any atom is 0.412 e. The van der Waals surface area contributed by atoms with Crippen LogP contribution in [0.1, 0.15) is 6.92 Å². The van der Waals surface area contributed by atoms with E-state index in [0.717, 1.165) is 11.8 Å². The molecule has 2 heterocycles. The number of benzene rings is 2.